The standard InChI is InChI=1S/C12H14IN/c13-10-4-1-2-5-11(10)14-8-12(9-14)6-3-7-12/h1-2,4-5H,3,6-9H2. The van der Waals surface area contributed by atoms with Gasteiger partial charge in [-0.3, -0.25) is 0 Å². The van der Waals surface area contributed by atoms with Gasteiger partial charge in [-0.05, 0) is 47.6 Å². The minimum absolute atomic E-state index is 0.735. The number of hydrogen-bond acceptors (Lipinski definition) is 1. The zero-order valence-electron chi connectivity index (χ0n) is 8.17. The quantitative estimate of drug-likeness (QED) is 0.719. The molecule has 0 radical (unpaired) electrons. The molecule has 74 valence electrons. The van der Waals surface area contributed by atoms with E-state index in [2.05, 4.69) is 51.8 Å². The van der Waals surface area contributed by atoms with E-state index in [0.29, 0.717) is 0 Å². The van der Waals surface area contributed by atoms with Crippen LogP contribution in [0, 0.1) is 8.99 Å². The third-order valence-corrected chi connectivity index (χ3v) is 4.57. The summed E-state index contributed by atoms with van der Waals surface area (Å²) in [5.74, 6) is 0. The molecule has 1 saturated heterocycles. The molecule has 2 fully saturated rings. The fraction of sp³-hybridized carbons (Fsp3) is 0.500. The van der Waals surface area contributed by atoms with Crippen LogP contribution in [0.25, 0.3) is 0 Å². The maximum absolute atomic E-state index is 2.53. The second-order valence-corrected chi connectivity index (χ2v) is 5.82. The molecule has 14 heavy (non-hydrogen) atoms. The lowest BCUT2D eigenvalue weighted by atomic mass is 9.63. The van der Waals surface area contributed by atoms with Gasteiger partial charge in [-0.2, -0.15) is 0 Å². The molecule has 1 heterocycles. The number of halogens is 1. The van der Waals surface area contributed by atoms with E-state index in [9.17, 15) is 0 Å². The van der Waals surface area contributed by atoms with Crippen molar-refractivity contribution in [3.63, 3.8) is 0 Å². The SMILES string of the molecule is Ic1ccccc1N1CC2(CCC2)C1. The molecular formula is C12H14IN. The fourth-order valence-electron chi connectivity index (χ4n) is 2.63. The molecule has 1 spiro atoms. The van der Waals surface area contributed by atoms with Crippen molar-refractivity contribution in [2.24, 2.45) is 5.41 Å². The summed E-state index contributed by atoms with van der Waals surface area (Å²) in [7, 11) is 0. The van der Waals surface area contributed by atoms with Crippen molar-refractivity contribution in [3.05, 3.63) is 27.8 Å². The van der Waals surface area contributed by atoms with Crippen LogP contribution in [0.3, 0.4) is 0 Å². The van der Waals surface area contributed by atoms with E-state index in [4.69, 9.17) is 0 Å². The summed E-state index contributed by atoms with van der Waals surface area (Å²) in [6.45, 7) is 2.60. The molecule has 0 amide bonds. The topological polar surface area (TPSA) is 3.24 Å². The minimum atomic E-state index is 0.735. The van der Waals surface area contributed by atoms with Crippen LogP contribution in [0.5, 0.6) is 0 Å². The number of nitrogens with zero attached hydrogens (tertiary/aromatic N) is 1. The first-order valence-electron chi connectivity index (χ1n) is 5.29. The van der Waals surface area contributed by atoms with Crippen LogP contribution < -0.4 is 4.90 Å². The summed E-state index contributed by atoms with van der Waals surface area (Å²) in [6.07, 6.45) is 4.39. The summed E-state index contributed by atoms with van der Waals surface area (Å²) >= 11 is 2.43. The third-order valence-electron chi connectivity index (χ3n) is 3.66. The van der Waals surface area contributed by atoms with Gasteiger partial charge in [0.15, 0.2) is 0 Å². The van der Waals surface area contributed by atoms with Crippen molar-refractivity contribution >= 4 is 28.3 Å². The predicted octanol–water partition coefficient (Wildman–Crippen LogP) is 3.28. The number of anilines is 1. The van der Waals surface area contributed by atoms with Crippen LogP contribution in [0.15, 0.2) is 24.3 Å². The highest BCUT2D eigenvalue weighted by Gasteiger charge is 2.47. The van der Waals surface area contributed by atoms with Crippen molar-refractivity contribution < 1.29 is 0 Å². The summed E-state index contributed by atoms with van der Waals surface area (Å²) < 4.78 is 1.39. The Morgan fingerprint density at radius 2 is 1.86 bits per heavy atom. The van der Waals surface area contributed by atoms with Gasteiger partial charge in [-0.15, -0.1) is 0 Å². The van der Waals surface area contributed by atoms with E-state index in [1.54, 1.807) is 0 Å². The molecule has 0 aromatic heterocycles. The van der Waals surface area contributed by atoms with Crippen molar-refractivity contribution in [1.29, 1.82) is 0 Å². The molecule has 0 atom stereocenters. The first kappa shape index (κ1) is 9.01. The Labute approximate surface area is 98.6 Å². The van der Waals surface area contributed by atoms with Crippen LogP contribution in [0.4, 0.5) is 5.69 Å². The van der Waals surface area contributed by atoms with Gasteiger partial charge in [0.05, 0.1) is 5.69 Å². The highest BCUT2D eigenvalue weighted by molar-refractivity contribution is 14.1. The molecular weight excluding hydrogens is 285 g/mol. The first-order chi connectivity index (χ1) is 6.79. The third kappa shape index (κ3) is 1.27. The van der Waals surface area contributed by atoms with Crippen molar-refractivity contribution in [1.82, 2.24) is 0 Å². The summed E-state index contributed by atoms with van der Waals surface area (Å²) in [4.78, 5) is 2.53. The Kier molecular flexibility index (Phi) is 2.01. The van der Waals surface area contributed by atoms with Gasteiger partial charge >= 0.3 is 0 Å². The monoisotopic (exact) mass is 299 g/mol. The van der Waals surface area contributed by atoms with Crippen LogP contribution >= 0.6 is 22.6 Å². The summed E-state index contributed by atoms with van der Waals surface area (Å²) in [5, 5.41) is 0. The van der Waals surface area contributed by atoms with Crippen LogP contribution in [-0.4, -0.2) is 13.1 Å². The van der Waals surface area contributed by atoms with Crippen molar-refractivity contribution in [2.45, 2.75) is 19.3 Å². The number of para-hydroxylation sites is 1. The summed E-state index contributed by atoms with van der Waals surface area (Å²) in [5.41, 5.74) is 2.17. The second kappa shape index (κ2) is 3.12. The van der Waals surface area contributed by atoms with Gasteiger partial charge in [0.1, 0.15) is 0 Å². The van der Waals surface area contributed by atoms with Gasteiger partial charge in [-0.25, -0.2) is 0 Å². The van der Waals surface area contributed by atoms with Gasteiger partial charge in [-0.1, -0.05) is 18.6 Å². The second-order valence-electron chi connectivity index (χ2n) is 4.66. The Balaban J connectivity index is 1.76. The Bertz CT molecular complexity index is 349. The van der Waals surface area contributed by atoms with E-state index < -0.39 is 0 Å². The van der Waals surface area contributed by atoms with Crippen LogP contribution in [0.1, 0.15) is 19.3 Å². The van der Waals surface area contributed by atoms with Crippen molar-refractivity contribution in [3.8, 4) is 0 Å². The van der Waals surface area contributed by atoms with E-state index >= 15 is 0 Å². The smallest absolute Gasteiger partial charge is 0.0502 e. The normalized spacial score (nSPS) is 23.1. The number of hydrogen-bond donors (Lipinski definition) is 0. The molecule has 0 unspecified atom stereocenters. The maximum Gasteiger partial charge on any atom is 0.0502 e. The van der Waals surface area contributed by atoms with Gasteiger partial charge < -0.3 is 4.90 Å². The zero-order valence-corrected chi connectivity index (χ0v) is 10.3. The fourth-order valence-corrected chi connectivity index (χ4v) is 3.36. The predicted molar refractivity (Wildman–Crippen MR) is 67.7 cm³/mol. The molecule has 2 heteroatoms. The number of benzene rings is 1. The summed E-state index contributed by atoms with van der Waals surface area (Å²) in [6, 6.07) is 8.70. The first-order valence-corrected chi connectivity index (χ1v) is 6.37. The lowest BCUT2D eigenvalue weighted by Crippen LogP contribution is -2.60. The molecule has 0 bridgehead atoms. The van der Waals surface area contributed by atoms with E-state index in [-0.39, 0.29) is 0 Å². The number of rotatable bonds is 1. The molecule has 0 N–H and O–H groups in total. The molecule has 1 nitrogen and oxygen atoms in total. The van der Waals surface area contributed by atoms with E-state index in [1.165, 1.54) is 41.6 Å². The zero-order chi connectivity index (χ0) is 9.60. The van der Waals surface area contributed by atoms with Gasteiger partial charge in [0, 0.05) is 22.1 Å². The molecule has 3 rings (SSSR count). The van der Waals surface area contributed by atoms with E-state index in [1.807, 2.05) is 0 Å². The van der Waals surface area contributed by atoms with E-state index in [0.717, 1.165) is 5.41 Å². The lowest BCUT2D eigenvalue weighted by Gasteiger charge is -2.57. The van der Waals surface area contributed by atoms with Crippen LogP contribution in [-0.2, 0) is 0 Å². The molecule has 1 aromatic rings. The largest absolute Gasteiger partial charge is 0.369 e. The Morgan fingerprint density at radius 1 is 1.14 bits per heavy atom. The van der Waals surface area contributed by atoms with Gasteiger partial charge in [0.2, 0.25) is 0 Å². The van der Waals surface area contributed by atoms with Gasteiger partial charge in [0.25, 0.3) is 0 Å². The molecule has 1 aromatic carbocycles. The highest BCUT2D eigenvalue weighted by Crippen LogP contribution is 2.49. The molecule has 1 aliphatic heterocycles. The highest BCUT2D eigenvalue weighted by atomic mass is 127. The molecule has 1 saturated carbocycles. The molecule has 1 aliphatic carbocycles. The average Bonchev–Trinajstić information content (AvgIpc) is 2.03. The molecule has 2 aliphatic rings. The van der Waals surface area contributed by atoms with Crippen molar-refractivity contribution in [2.75, 3.05) is 18.0 Å². The Morgan fingerprint density at radius 3 is 2.43 bits per heavy atom. The average molecular weight is 299 g/mol. The maximum atomic E-state index is 2.53. The Hall–Kier alpha value is -0.250. The minimum Gasteiger partial charge on any atom is -0.369 e. The van der Waals surface area contributed by atoms with Crippen LogP contribution in [0.2, 0.25) is 0 Å². The lowest BCUT2D eigenvalue weighted by molar-refractivity contribution is 0.0903.